The molecule has 0 bridgehead atoms. The van der Waals surface area contributed by atoms with Gasteiger partial charge in [0.25, 0.3) is 0 Å². The molecule has 0 unspecified atom stereocenters. The van der Waals surface area contributed by atoms with Gasteiger partial charge in [-0.15, -0.1) is 0 Å². The van der Waals surface area contributed by atoms with Crippen molar-refractivity contribution in [2.24, 2.45) is 0 Å². The summed E-state index contributed by atoms with van der Waals surface area (Å²) >= 11 is 0. The number of benzene rings is 1. The summed E-state index contributed by atoms with van der Waals surface area (Å²) in [6, 6.07) is 4.03. The molecule has 3 nitrogen and oxygen atoms in total. The Morgan fingerprint density at radius 1 is 0.944 bits per heavy atom. The van der Waals surface area contributed by atoms with Crippen LogP contribution in [0.1, 0.15) is 62.1 Å². The summed E-state index contributed by atoms with van der Waals surface area (Å²) in [5.41, 5.74) is 10.2. The second-order valence-electron chi connectivity index (χ2n) is 5.48. The van der Waals surface area contributed by atoms with Crippen LogP contribution in [0.2, 0.25) is 0 Å². The van der Waals surface area contributed by atoms with Crippen LogP contribution in [0.15, 0.2) is 12.1 Å². The highest BCUT2D eigenvalue weighted by atomic mass is 16.3. The van der Waals surface area contributed by atoms with E-state index in [1.165, 1.54) is 0 Å². The number of nitrogens with two attached hydrogens (primary N) is 1. The molecule has 1 rings (SSSR count). The number of hydrogen-bond acceptors (Lipinski definition) is 3. The van der Waals surface area contributed by atoms with Crippen molar-refractivity contribution in [3.05, 3.63) is 28.8 Å². The van der Waals surface area contributed by atoms with Crippen LogP contribution < -0.4 is 5.73 Å². The van der Waals surface area contributed by atoms with Crippen molar-refractivity contribution in [1.29, 1.82) is 0 Å². The Labute approximate surface area is 110 Å². The van der Waals surface area contributed by atoms with Crippen molar-refractivity contribution >= 4 is 5.69 Å². The van der Waals surface area contributed by atoms with Gasteiger partial charge in [-0.3, -0.25) is 0 Å². The van der Waals surface area contributed by atoms with Gasteiger partial charge in [-0.25, -0.2) is 0 Å². The summed E-state index contributed by atoms with van der Waals surface area (Å²) in [4.78, 5) is 0. The Balaban J connectivity index is 3.37. The van der Waals surface area contributed by atoms with Crippen molar-refractivity contribution in [1.82, 2.24) is 0 Å². The van der Waals surface area contributed by atoms with E-state index in [9.17, 15) is 10.2 Å². The molecule has 0 amide bonds. The van der Waals surface area contributed by atoms with Crippen LogP contribution in [0.25, 0.3) is 0 Å². The largest absolute Gasteiger partial charge is 0.398 e. The van der Waals surface area contributed by atoms with E-state index in [2.05, 4.69) is 27.7 Å². The minimum Gasteiger partial charge on any atom is -0.398 e. The number of hydrogen-bond donors (Lipinski definition) is 3. The zero-order chi connectivity index (χ0) is 13.9. The summed E-state index contributed by atoms with van der Waals surface area (Å²) in [5.74, 6) is 0.446. The predicted octanol–water partition coefficient (Wildman–Crippen LogP) is 2.58. The van der Waals surface area contributed by atoms with E-state index in [1.807, 2.05) is 12.1 Å². The van der Waals surface area contributed by atoms with Gasteiger partial charge in [-0.1, -0.05) is 39.8 Å². The first kappa shape index (κ1) is 15.0. The lowest BCUT2D eigenvalue weighted by molar-refractivity contribution is 0.192. The SMILES string of the molecule is CC(C)c1cc(C(CO)CO)cc(C(C)C)c1N. The van der Waals surface area contributed by atoms with Gasteiger partial charge in [-0.05, 0) is 28.5 Å². The summed E-state index contributed by atoms with van der Waals surface area (Å²) in [6.45, 7) is 8.32. The normalized spacial score (nSPS) is 11.8. The van der Waals surface area contributed by atoms with Crippen LogP contribution in [-0.2, 0) is 0 Å². The molecule has 0 saturated heterocycles. The zero-order valence-electron chi connectivity index (χ0n) is 11.8. The van der Waals surface area contributed by atoms with Gasteiger partial charge in [0, 0.05) is 11.6 Å². The number of anilines is 1. The highest BCUT2D eigenvalue weighted by molar-refractivity contribution is 5.58. The molecule has 0 fully saturated rings. The molecule has 1 aromatic rings. The Morgan fingerprint density at radius 3 is 1.61 bits per heavy atom. The first-order chi connectivity index (χ1) is 8.42. The molecule has 0 aliphatic carbocycles. The maximum atomic E-state index is 9.32. The zero-order valence-corrected chi connectivity index (χ0v) is 11.8. The molecule has 0 spiro atoms. The van der Waals surface area contributed by atoms with E-state index in [-0.39, 0.29) is 19.1 Å². The predicted molar refractivity (Wildman–Crippen MR) is 75.9 cm³/mol. The van der Waals surface area contributed by atoms with Gasteiger partial charge in [0.05, 0.1) is 13.2 Å². The molecule has 0 aliphatic rings. The summed E-state index contributed by atoms with van der Waals surface area (Å²) < 4.78 is 0. The minimum atomic E-state index is -0.222. The van der Waals surface area contributed by atoms with Crippen molar-refractivity contribution in [3.8, 4) is 0 Å². The number of nitrogen functional groups attached to an aromatic ring is 1. The van der Waals surface area contributed by atoms with Crippen LogP contribution in [0, 0.1) is 0 Å². The topological polar surface area (TPSA) is 66.5 Å². The maximum Gasteiger partial charge on any atom is 0.0521 e. The third-order valence-corrected chi connectivity index (χ3v) is 3.42. The van der Waals surface area contributed by atoms with Gasteiger partial charge in [-0.2, -0.15) is 0 Å². The number of rotatable bonds is 5. The highest BCUT2D eigenvalue weighted by Crippen LogP contribution is 2.33. The second kappa shape index (κ2) is 6.21. The van der Waals surface area contributed by atoms with E-state index in [4.69, 9.17) is 5.73 Å². The van der Waals surface area contributed by atoms with E-state index in [0.717, 1.165) is 22.4 Å². The fraction of sp³-hybridized carbons (Fsp3) is 0.600. The first-order valence-corrected chi connectivity index (χ1v) is 6.57. The number of aliphatic hydroxyl groups excluding tert-OH is 2. The molecular weight excluding hydrogens is 226 g/mol. The Hall–Kier alpha value is -1.06. The Bertz CT molecular complexity index is 366. The quantitative estimate of drug-likeness (QED) is 0.705. The van der Waals surface area contributed by atoms with E-state index >= 15 is 0 Å². The lowest BCUT2D eigenvalue weighted by Gasteiger charge is -2.21. The average Bonchev–Trinajstić information content (AvgIpc) is 2.31. The minimum absolute atomic E-state index is 0.0461. The van der Waals surface area contributed by atoms with Crippen LogP contribution in [0.4, 0.5) is 5.69 Å². The van der Waals surface area contributed by atoms with Crippen molar-refractivity contribution in [2.75, 3.05) is 18.9 Å². The van der Waals surface area contributed by atoms with Gasteiger partial charge in [0.2, 0.25) is 0 Å². The average molecular weight is 251 g/mol. The lowest BCUT2D eigenvalue weighted by atomic mass is 9.87. The van der Waals surface area contributed by atoms with E-state index in [1.54, 1.807) is 0 Å². The fourth-order valence-corrected chi connectivity index (χ4v) is 2.18. The lowest BCUT2D eigenvalue weighted by Crippen LogP contribution is -2.12. The molecule has 0 atom stereocenters. The molecule has 0 saturated carbocycles. The molecule has 3 heteroatoms. The van der Waals surface area contributed by atoms with Crippen molar-refractivity contribution in [3.63, 3.8) is 0 Å². The summed E-state index contributed by atoms with van der Waals surface area (Å²) in [7, 11) is 0. The molecule has 0 aliphatic heterocycles. The van der Waals surface area contributed by atoms with Gasteiger partial charge < -0.3 is 15.9 Å². The maximum absolute atomic E-state index is 9.32. The first-order valence-electron chi connectivity index (χ1n) is 6.57. The highest BCUT2D eigenvalue weighted by Gasteiger charge is 2.17. The summed E-state index contributed by atoms with van der Waals surface area (Å²) in [6.07, 6.45) is 0. The molecule has 0 aromatic heterocycles. The van der Waals surface area contributed by atoms with Gasteiger partial charge in [0.1, 0.15) is 0 Å². The van der Waals surface area contributed by atoms with Gasteiger partial charge >= 0.3 is 0 Å². The van der Waals surface area contributed by atoms with E-state index < -0.39 is 0 Å². The standard InChI is InChI=1S/C15H25NO2/c1-9(2)13-5-11(12(7-17)8-18)6-14(10(3)4)15(13)16/h5-6,9-10,12,17-18H,7-8,16H2,1-4H3. The van der Waals surface area contributed by atoms with Crippen molar-refractivity contribution < 1.29 is 10.2 Å². The molecule has 4 N–H and O–H groups in total. The van der Waals surface area contributed by atoms with E-state index in [0.29, 0.717) is 11.8 Å². The molecule has 0 radical (unpaired) electrons. The smallest absolute Gasteiger partial charge is 0.0521 e. The molecule has 0 heterocycles. The Kier molecular flexibility index (Phi) is 5.17. The second-order valence-corrected chi connectivity index (χ2v) is 5.48. The number of aliphatic hydroxyl groups is 2. The van der Waals surface area contributed by atoms with Crippen LogP contribution in [-0.4, -0.2) is 23.4 Å². The molecule has 18 heavy (non-hydrogen) atoms. The monoisotopic (exact) mass is 251 g/mol. The third-order valence-electron chi connectivity index (χ3n) is 3.42. The molecular formula is C15H25NO2. The summed E-state index contributed by atoms with van der Waals surface area (Å²) in [5, 5.41) is 18.6. The third kappa shape index (κ3) is 3.03. The van der Waals surface area contributed by atoms with Gasteiger partial charge in [0.15, 0.2) is 0 Å². The molecule has 102 valence electrons. The van der Waals surface area contributed by atoms with Crippen LogP contribution >= 0.6 is 0 Å². The Morgan fingerprint density at radius 2 is 1.33 bits per heavy atom. The molecule has 1 aromatic carbocycles. The van der Waals surface area contributed by atoms with Crippen molar-refractivity contribution in [2.45, 2.75) is 45.4 Å². The van der Waals surface area contributed by atoms with Crippen LogP contribution in [0.3, 0.4) is 0 Å². The van der Waals surface area contributed by atoms with Crippen LogP contribution in [0.5, 0.6) is 0 Å². The fourth-order valence-electron chi connectivity index (χ4n) is 2.18.